The Bertz CT molecular complexity index is 452. The molecule has 2 aromatic heterocycles. The Kier molecular flexibility index (Phi) is 3.54. The van der Waals surface area contributed by atoms with Gasteiger partial charge < -0.3 is 9.88 Å². The minimum absolute atomic E-state index is 0.648. The van der Waals surface area contributed by atoms with E-state index >= 15 is 0 Å². The van der Waals surface area contributed by atoms with Crippen LogP contribution in [0.2, 0.25) is 5.15 Å². The molecule has 0 bridgehead atoms. The second-order valence-corrected chi connectivity index (χ2v) is 3.87. The van der Waals surface area contributed by atoms with Crippen LogP contribution < -0.4 is 5.32 Å². The van der Waals surface area contributed by atoms with Crippen molar-refractivity contribution in [1.29, 1.82) is 0 Å². The molecule has 0 aliphatic heterocycles. The zero-order chi connectivity index (χ0) is 11.4. The zero-order valence-electron chi connectivity index (χ0n) is 9.02. The topological polar surface area (TPSA) is 42.7 Å². The number of rotatable bonds is 4. The summed E-state index contributed by atoms with van der Waals surface area (Å²) in [4.78, 5) is 8.42. The van der Waals surface area contributed by atoms with Gasteiger partial charge in [0.25, 0.3) is 0 Å². The average molecular weight is 237 g/mol. The largest absolute Gasteiger partial charge is 0.321 e. The van der Waals surface area contributed by atoms with Crippen LogP contribution in [0.4, 0.5) is 0 Å². The zero-order valence-corrected chi connectivity index (χ0v) is 9.78. The second kappa shape index (κ2) is 5.09. The summed E-state index contributed by atoms with van der Waals surface area (Å²) in [7, 11) is 1.90. The lowest BCUT2D eigenvalue weighted by molar-refractivity contribution is 0.631. The number of hydrogen-bond donors (Lipinski definition) is 1. The highest BCUT2D eigenvalue weighted by atomic mass is 35.5. The first-order valence-electron chi connectivity index (χ1n) is 5.04. The Morgan fingerprint density at radius 2 is 2.19 bits per heavy atom. The van der Waals surface area contributed by atoms with Gasteiger partial charge in [-0.25, -0.2) is 4.98 Å². The highest BCUT2D eigenvalue weighted by Gasteiger charge is 2.03. The van der Waals surface area contributed by atoms with Gasteiger partial charge in [-0.3, -0.25) is 4.98 Å². The molecule has 0 radical (unpaired) electrons. The Hall–Kier alpha value is -1.39. The Balaban J connectivity index is 1.87. The summed E-state index contributed by atoms with van der Waals surface area (Å²) in [5, 5.41) is 3.92. The number of nitrogens with one attached hydrogen (secondary N) is 1. The molecule has 0 saturated heterocycles. The van der Waals surface area contributed by atoms with Crippen LogP contribution >= 0.6 is 11.6 Å². The standard InChI is InChI=1S/C11H13ClN4/c1-16-10(12)7-15-11(16)8-13-6-9-4-2-3-5-14-9/h2-5,7,13H,6,8H2,1H3. The maximum Gasteiger partial charge on any atom is 0.128 e. The van der Waals surface area contributed by atoms with Gasteiger partial charge in [0.2, 0.25) is 0 Å². The number of aromatic nitrogens is 3. The number of hydrogen-bond acceptors (Lipinski definition) is 3. The average Bonchev–Trinajstić information content (AvgIpc) is 2.62. The Morgan fingerprint density at radius 1 is 1.31 bits per heavy atom. The van der Waals surface area contributed by atoms with Crippen LogP contribution in [-0.2, 0) is 20.1 Å². The first-order valence-corrected chi connectivity index (χ1v) is 5.42. The van der Waals surface area contributed by atoms with Gasteiger partial charge >= 0.3 is 0 Å². The molecule has 5 heteroatoms. The maximum absolute atomic E-state index is 5.89. The predicted octanol–water partition coefficient (Wildman–Crippen LogP) is 1.76. The molecule has 0 spiro atoms. The summed E-state index contributed by atoms with van der Waals surface area (Å²) < 4.78 is 1.85. The fourth-order valence-corrected chi connectivity index (χ4v) is 1.54. The molecular weight excluding hydrogens is 224 g/mol. The fourth-order valence-electron chi connectivity index (χ4n) is 1.39. The molecule has 84 valence electrons. The third kappa shape index (κ3) is 2.59. The molecule has 0 atom stereocenters. The van der Waals surface area contributed by atoms with E-state index in [9.17, 15) is 0 Å². The SMILES string of the molecule is Cn1c(Cl)cnc1CNCc1ccccn1. The van der Waals surface area contributed by atoms with E-state index in [0.717, 1.165) is 18.1 Å². The molecule has 2 rings (SSSR count). The minimum atomic E-state index is 0.648. The normalized spacial score (nSPS) is 10.6. The smallest absolute Gasteiger partial charge is 0.128 e. The maximum atomic E-state index is 5.89. The highest BCUT2D eigenvalue weighted by Crippen LogP contribution is 2.08. The molecule has 0 aliphatic carbocycles. The first kappa shape index (κ1) is 11.1. The third-order valence-electron chi connectivity index (χ3n) is 2.34. The predicted molar refractivity (Wildman–Crippen MR) is 63.0 cm³/mol. The number of halogens is 1. The van der Waals surface area contributed by atoms with E-state index in [2.05, 4.69) is 15.3 Å². The molecular formula is C11H13ClN4. The Labute approximate surface area is 99.3 Å². The van der Waals surface area contributed by atoms with Crippen LogP contribution in [0, 0.1) is 0 Å². The Morgan fingerprint density at radius 3 is 2.81 bits per heavy atom. The van der Waals surface area contributed by atoms with Crippen molar-refractivity contribution in [2.75, 3.05) is 0 Å². The van der Waals surface area contributed by atoms with Crippen molar-refractivity contribution >= 4 is 11.6 Å². The van der Waals surface area contributed by atoms with Gasteiger partial charge in [0.05, 0.1) is 18.4 Å². The molecule has 0 saturated carbocycles. The van der Waals surface area contributed by atoms with E-state index in [1.165, 1.54) is 0 Å². The van der Waals surface area contributed by atoms with Crippen LogP contribution in [0.3, 0.4) is 0 Å². The van der Waals surface area contributed by atoms with Gasteiger partial charge in [0.15, 0.2) is 0 Å². The van der Waals surface area contributed by atoms with E-state index in [1.54, 1.807) is 12.4 Å². The van der Waals surface area contributed by atoms with Gasteiger partial charge in [-0.15, -0.1) is 0 Å². The molecule has 0 unspecified atom stereocenters. The van der Waals surface area contributed by atoms with Crippen molar-refractivity contribution in [2.45, 2.75) is 13.1 Å². The first-order chi connectivity index (χ1) is 7.77. The quantitative estimate of drug-likeness (QED) is 0.880. The second-order valence-electron chi connectivity index (χ2n) is 3.48. The minimum Gasteiger partial charge on any atom is -0.321 e. The molecule has 16 heavy (non-hydrogen) atoms. The van der Waals surface area contributed by atoms with Gasteiger partial charge in [-0.05, 0) is 12.1 Å². The summed E-state index contributed by atoms with van der Waals surface area (Å²) in [6.45, 7) is 1.41. The summed E-state index contributed by atoms with van der Waals surface area (Å²) >= 11 is 5.89. The molecule has 1 N–H and O–H groups in total. The van der Waals surface area contributed by atoms with Crippen LogP contribution in [0.15, 0.2) is 30.6 Å². The van der Waals surface area contributed by atoms with Crippen LogP contribution in [-0.4, -0.2) is 14.5 Å². The lowest BCUT2D eigenvalue weighted by atomic mass is 10.3. The number of nitrogens with zero attached hydrogens (tertiary/aromatic N) is 3. The molecule has 4 nitrogen and oxygen atoms in total. The van der Waals surface area contributed by atoms with Crippen LogP contribution in [0.1, 0.15) is 11.5 Å². The molecule has 0 aromatic carbocycles. The van der Waals surface area contributed by atoms with E-state index in [-0.39, 0.29) is 0 Å². The van der Waals surface area contributed by atoms with Crippen molar-refractivity contribution in [3.8, 4) is 0 Å². The molecule has 0 amide bonds. The summed E-state index contributed by atoms with van der Waals surface area (Å²) in [6.07, 6.45) is 3.44. The van der Waals surface area contributed by atoms with E-state index in [0.29, 0.717) is 11.7 Å². The monoisotopic (exact) mass is 236 g/mol. The summed E-state index contributed by atoms with van der Waals surface area (Å²) in [5.41, 5.74) is 1.02. The van der Waals surface area contributed by atoms with Crippen molar-refractivity contribution in [3.05, 3.63) is 47.3 Å². The molecule has 2 heterocycles. The van der Waals surface area contributed by atoms with Gasteiger partial charge in [-0.1, -0.05) is 17.7 Å². The van der Waals surface area contributed by atoms with Crippen LogP contribution in [0.25, 0.3) is 0 Å². The summed E-state index contributed by atoms with van der Waals surface area (Å²) in [5.74, 6) is 0.918. The van der Waals surface area contributed by atoms with Crippen LogP contribution in [0.5, 0.6) is 0 Å². The fraction of sp³-hybridized carbons (Fsp3) is 0.273. The lowest BCUT2D eigenvalue weighted by Crippen LogP contribution is -2.16. The molecule has 0 aliphatic rings. The van der Waals surface area contributed by atoms with E-state index in [4.69, 9.17) is 11.6 Å². The molecule has 0 fully saturated rings. The van der Waals surface area contributed by atoms with Crippen molar-refractivity contribution < 1.29 is 0 Å². The van der Waals surface area contributed by atoms with Gasteiger partial charge in [-0.2, -0.15) is 0 Å². The number of imidazole rings is 1. The lowest BCUT2D eigenvalue weighted by Gasteiger charge is -2.04. The molecule has 2 aromatic rings. The van der Waals surface area contributed by atoms with Crippen molar-refractivity contribution in [2.24, 2.45) is 7.05 Å². The third-order valence-corrected chi connectivity index (χ3v) is 2.69. The highest BCUT2D eigenvalue weighted by molar-refractivity contribution is 6.29. The van der Waals surface area contributed by atoms with Crippen molar-refractivity contribution in [1.82, 2.24) is 19.9 Å². The van der Waals surface area contributed by atoms with Gasteiger partial charge in [0, 0.05) is 19.8 Å². The summed E-state index contributed by atoms with van der Waals surface area (Å²) in [6, 6.07) is 5.86. The number of pyridine rings is 1. The van der Waals surface area contributed by atoms with E-state index < -0.39 is 0 Å². The van der Waals surface area contributed by atoms with Crippen molar-refractivity contribution in [3.63, 3.8) is 0 Å². The van der Waals surface area contributed by atoms with Gasteiger partial charge in [0.1, 0.15) is 11.0 Å². The van der Waals surface area contributed by atoms with E-state index in [1.807, 2.05) is 29.8 Å².